The molecule has 0 aliphatic carbocycles. The molecule has 0 aliphatic rings. The molecule has 0 unspecified atom stereocenters. The molecule has 98 valence electrons. The number of hydrogen-bond donors (Lipinski definition) is 2. The summed E-state index contributed by atoms with van der Waals surface area (Å²) in [6.07, 6.45) is -1.83. The standard InChI is InChI=1S/C10H10O4.CH2O3/c1-13-9(11)7-5-3-4-6-8(7)10(12)14-2;2-1(3)4/h3-6H,1-2H3;(H2,2,3,4). The van der Waals surface area contributed by atoms with E-state index < -0.39 is 18.1 Å². The summed E-state index contributed by atoms with van der Waals surface area (Å²) in [4.78, 5) is 31.0. The van der Waals surface area contributed by atoms with Gasteiger partial charge in [-0.15, -0.1) is 0 Å². The van der Waals surface area contributed by atoms with E-state index in [1.165, 1.54) is 26.4 Å². The number of esters is 2. The molecule has 18 heavy (non-hydrogen) atoms. The third kappa shape index (κ3) is 4.97. The summed E-state index contributed by atoms with van der Waals surface area (Å²) in [6, 6.07) is 6.33. The Bertz CT molecular complexity index is 400. The van der Waals surface area contributed by atoms with E-state index >= 15 is 0 Å². The van der Waals surface area contributed by atoms with Gasteiger partial charge < -0.3 is 19.7 Å². The molecule has 0 heterocycles. The van der Waals surface area contributed by atoms with E-state index in [9.17, 15) is 9.59 Å². The summed E-state index contributed by atoms with van der Waals surface area (Å²) >= 11 is 0. The molecule has 2 N–H and O–H groups in total. The molecule has 0 radical (unpaired) electrons. The zero-order valence-electron chi connectivity index (χ0n) is 9.75. The van der Waals surface area contributed by atoms with Crippen molar-refractivity contribution in [1.82, 2.24) is 0 Å². The van der Waals surface area contributed by atoms with Crippen LogP contribution in [0.5, 0.6) is 0 Å². The number of rotatable bonds is 2. The van der Waals surface area contributed by atoms with Gasteiger partial charge in [0.25, 0.3) is 0 Å². The molecule has 0 saturated heterocycles. The molecule has 7 heteroatoms. The fourth-order valence-corrected chi connectivity index (χ4v) is 1.06. The van der Waals surface area contributed by atoms with Gasteiger partial charge in [0.2, 0.25) is 0 Å². The fraction of sp³-hybridized carbons (Fsp3) is 0.182. The van der Waals surface area contributed by atoms with Crippen molar-refractivity contribution < 1.29 is 34.1 Å². The van der Waals surface area contributed by atoms with Crippen LogP contribution in [0.4, 0.5) is 4.79 Å². The minimum Gasteiger partial charge on any atom is -0.465 e. The number of methoxy groups -OCH3 is 2. The van der Waals surface area contributed by atoms with Crippen molar-refractivity contribution in [2.24, 2.45) is 0 Å². The molecule has 0 atom stereocenters. The number of carbonyl (C=O) groups excluding carboxylic acids is 2. The number of carboxylic acid groups (broad SMARTS) is 2. The maximum absolute atomic E-state index is 11.2. The first-order valence-electron chi connectivity index (χ1n) is 4.61. The van der Waals surface area contributed by atoms with Gasteiger partial charge in [-0.05, 0) is 12.1 Å². The van der Waals surface area contributed by atoms with Gasteiger partial charge in [-0.25, -0.2) is 14.4 Å². The van der Waals surface area contributed by atoms with Crippen molar-refractivity contribution in [2.75, 3.05) is 14.2 Å². The molecule has 0 saturated carbocycles. The lowest BCUT2D eigenvalue weighted by molar-refractivity contribution is 0.0555. The molecule has 0 bridgehead atoms. The Balaban J connectivity index is 0.000000631. The van der Waals surface area contributed by atoms with E-state index in [0.29, 0.717) is 0 Å². The maximum atomic E-state index is 11.2. The van der Waals surface area contributed by atoms with Crippen molar-refractivity contribution in [3.05, 3.63) is 35.4 Å². The number of carbonyl (C=O) groups is 3. The summed E-state index contributed by atoms with van der Waals surface area (Å²) in [5.74, 6) is -1.10. The van der Waals surface area contributed by atoms with Crippen molar-refractivity contribution in [2.45, 2.75) is 0 Å². The highest BCUT2D eigenvalue weighted by Gasteiger charge is 2.16. The molecule has 0 spiro atoms. The Morgan fingerprint density at radius 2 is 1.17 bits per heavy atom. The van der Waals surface area contributed by atoms with Gasteiger partial charge in [0.05, 0.1) is 25.3 Å². The van der Waals surface area contributed by atoms with Crippen LogP contribution < -0.4 is 0 Å². The quantitative estimate of drug-likeness (QED) is 0.771. The van der Waals surface area contributed by atoms with Gasteiger partial charge in [0.15, 0.2) is 0 Å². The number of ether oxygens (including phenoxy) is 2. The van der Waals surface area contributed by atoms with E-state index in [1.54, 1.807) is 12.1 Å². The average Bonchev–Trinajstić information content (AvgIpc) is 2.36. The zero-order valence-corrected chi connectivity index (χ0v) is 9.75. The zero-order chi connectivity index (χ0) is 14.1. The van der Waals surface area contributed by atoms with Crippen LogP contribution >= 0.6 is 0 Å². The number of benzene rings is 1. The van der Waals surface area contributed by atoms with E-state index in [2.05, 4.69) is 9.47 Å². The summed E-state index contributed by atoms with van der Waals surface area (Å²) in [6.45, 7) is 0. The average molecular weight is 256 g/mol. The SMILES string of the molecule is COC(=O)c1ccccc1C(=O)OC.O=C(O)O. The smallest absolute Gasteiger partial charge is 0.465 e. The molecule has 0 amide bonds. The van der Waals surface area contributed by atoms with Crippen LogP contribution in [-0.2, 0) is 9.47 Å². The Labute approximate surface area is 103 Å². The lowest BCUT2D eigenvalue weighted by Crippen LogP contribution is -2.11. The minimum atomic E-state index is -1.83. The first-order valence-corrected chi connectivity index (χ1v) is 4.61. The highest BCUT2D eigenvalue weighted by molar-refractivity contribution is 6.02. The highest BCUT2D eigenvalue weighted by Crippen LogP contribution is 2.10. The van der Waals surface area contributed by atoms with Crippen LogP contribution in [0.2, 0.25) is 0 Å². The van der Waals surface area contributed by atoms with Crippen LogP contribution in [0.25, 0.3) is 0 Å². The second-order valence-electron chi connectivity index (χ2n) is 2.81. The summed E-state index contributed by atoms with van der Waals surface area (Å²) in [5, 5.41) is 13.9. The third-order valence-corrected chi connectivity index (χ3v) is 1.74. The first-order chi connectivity index (χ1) is 8.43. The van der Waals surface area contributed by atoms with Crippen LogP contribution in [0, 0.1) is 0 Å². The lowest BCUT2D eigenvalue weighted by atomic mass is 10.1. The summed E-state index contributed by atoms with van der Waals surface area (Å²) < 4.78 is 9.05. The molecule has 1 aromatic carbocycles. The molecular weight excluding hydrogens is 244 g/mol. The predicted octanol–water partition coefficient (Wildman–Crippen LogP) is 1.48. The van der Waals surface area contributed by atoms with Gasteiger partial charge in [0.1, 0.15) is 0 Å². The van der Waals surface area contributed by atoms with Gasteiger partial charge >= 0.3 is 18.1 Å². The summed E-state index contributed by atoms with van der Waals surface area (Å²) in [7, 11) is 2.52. The van der Waals surface area contributed by atoms with Crippen molar-refractivity contribution in [3.63, 3.8) is 0 Å². The Kier molecular flexibility index (Phi) is 6.57. The third-order valence-electron chi connectivity index (χ3n) is 1.74. The topological polar surface area (TPSA) is 110 Å². The van der Waals surface area contributed by atoms with E-state index in [-0.39, 0.29) is 11.1 Å². The maximum Gasteiger partial charge on any atom is 0.503 e. The largest absolute Gasteiger partial charge is 0.503 e. The van der Waals surface area contributed by atoms with Crippen molar-refractivity contribution >= 4 is 18.1 Å². The molecule has 1 rings (SSSR count). The van der Waals surface area contributed by atoms with Crippen LogP contribution in [-0.4, -0.2) is 42.5 Å². The Morgan fingerprint density at radius 3 is 1.39 bits per heavy atom. The molecule has 7 nitrogen and oxygen atoms in total. The normalized spacial score (nSPS) is 8.56. The molecule has 0 aliphatic heterocycles. The van der Waals surface area contributed by atoms with Gasteiger partial charge in [0, 0.05) is 0 Å². The van der Waals surface area contributed by atoms with Crippen LogP contribution in [0.1, 0.15) is 20.7 Å². The monoisotopic (exact) mass is 256 g/mol. The number of hydrogen-bond acceptors (Lipinski definition) is 5. The first kappa shape index (κ1) is 15.4. The second-order valence-corrected chi connectivity index (χ2v) is 2.81. The van der Waals surface area contributed by atoms with E-state index in [1.807, 2.05) is 0 Å². The van der Waals surface area contributed by atoms with E-state index in [4.69, 9.17) is 15.0 Å². The molecule has 0 aromatic heterocycles. The minimum absolute atomic E-state index is 0.210. The van der Waals surface area contributed by atoms with Crippen LogP contribution in [0.3, 0.4) is 0 Å². The van der Waals surface area contributed by atoms with Crippen molar-refractivity contribution in [1.29, 1.82) is 0 Å². The van der Waals surface area contributed by atoms with E-state index in [0.717, 1.165) is 0 Å². The van der Waals surface area contributed by atoms with Crippen LogP contribution in [0.15, 0.2) is 24.3 Å². The fourth-order valence-electron chi connectivity index (χ4n) is 1.06. The predicted molar refractivity (Wildman–Crippen MR) is 59.8 cm³/mol. The lowest BCUT2D eigenvalue weighted by Gasteiger charge is -2.04. The molecule has 1 aromatic rings. The van der Waals surface area contributed by atoms with Crippen molar-refractivity contribution in [3.8, 4) is 0 Å². The van der Waals surface area contributed by atoms with Gasteiger partial charge in [-0.3, -0.25) is 0 Å². The Hall–Kier alpha value is -2.57. The highest BCUT2D eigenvalue weighted by atomic mass is 16.6. The Morgan fingerprint density at radius 1 is 0.889 bits per heavy atom. The molecule has 0 fully saturated rings. The second kappa shape index (κ2) is 7.66. The van der Waals surface area contributed by atoms with Gasteiger partial charge in [-0.2, -0.15) is 0 Å². The molecular formula is C11H12O7. The summed E-state index contributed by atoms with van der Waals surface area (Å²) in [5.41, 5.74) is 0.420. The van der Waals surface area contributed by atoms with Gasteiger partial charge in [-0.1, -0.05) is 12.1 Å².